The highest BCUT2D eigenvalue weighted by Gasteiger charge is 2.24. The molecule has 17 heavy (non-hydrogen) atoms. The number of hydrogen-bond acceptors (Lipinski definition) is 5. The first-order valence-corrected chi connectivity index (χ1v) is 4.96. The average Bonchev–Trinajstić information content (AvgIpc) is 2.27. The fourth-order valence-corrected chi connectivity index (χ4v) is 1.55. The van der Waals surface area contributed by atoms with Gasteiger partial charge in [0.05, 0.1) is 30.1 Å². The molecule has 1 N–H and O–H groups in total. The van der Waals surface area contributed by atoms with Gasteiger partial charge >= 0.3 is 5.97 Å². The Labute approximate surface area is 98.0 Å². The van der Waals surface area contributed by atoms with Gasteiger partial charge in [0.1, 0.15) is 0 Å². The van der Waals surface area contributed by atoms with E-state index in [9.17, 15) is 20.0 Å². The van der Waals surface area contributed by atoms with Gasteiger partial charge in [0.25, 0.3) is 5.69 Å². The zero-order chi connectivity index (χ0) is 13.0. The Hall–Kier alpha value is -1.95. The topological polar surface area (TPSA) is 89.7 Å². The van der Waals surface area contributed by atoms with Gasteiger partial charge in [0.15, 0.2) is 0 Å². The summed E-state index contributed by atoms with van der Waals surface area (Å²) in [5.41, 5.74) is 0.403. The minimum atomic E-state index is -1.23. The Kier molecular flexibility index (Phi) is 4.17. The molecule has 0 bridgehead atoms. The van der Waals surface area contributed by atoms with E-state index >= 15 is 0 Å². The highest BCUT2D eigenvalue weighted by molar-refractivity contribution is 5.70. The highest BCUT2D eigenvalue weighted by atomic mass is 16.6. The first-order valence-electron chi connectivity index (χ1n) is 4.96. The number of nitro groups is 1. The maximum atomic E-state index is 11.0. The summed E-state index contributed by atoms with van der Waals surface area (Å²) in [5.74, 6) is -0.617. The number of methoxy groups -OCH3 is 1. The van der Waals surface area contributed by atoms with E-state index in [4.69, 9.17) is 0 Å². The van der Waals surface area contributed by atoms with Gasteiger partial charge in [-0.25, -0.2) is 0 Å². The van der Waals surface area contributed by atoms with Gasteiger partial charge in [-0.2, -0.15) is 0 Å². The molecule has 6 heteroatoms. The predicted octanol–water partition coefficient (Wildman–Crippen LogP) is 1.50. The van der Waals surface area contributed by atoms with Crippen molar-refractivity contribution < 1.29 is 19.6 Å². The van der Waals surface area contributed by atoms with Gasteiger partial charge in [-0.3, -0.25) is 14.9 Å². The van der Waals surface area contributed by atoms with Crippen LogP contribution in [0.4, 0.5) is 5.69 Å². The van der Waals surface area contributed by atoms with E-state index in [1.54, 1.807) is 19.1 Å². The second-order valence-corrected chi connectivity index (χ2v) is 3.57. The van der Waals surface area contributed by atoms with E-state index in [1.165, 1.54) is 13.2 Å². The third kappa shape index (κ3) is 3.01. The van der Waals surface area contributed by atoms with Gasteiger partial charge in [0, 0.05) is 5.56 Å². The lowest BCUT2D eigenvalue weighted by molar-refractivity contribution is -0.386. The van der Waals surface area contributed by atoms with Gasteiger partial charge in [-0.15, -0.1) is 0 Å². The summed E-state index contributed by atoms with van der Waals surface area (Å²) >= 11 is 0. The molecule has 0 aliphatic heterocycles. The van der Waals surface area contributed by atoms with Crippen LogP contribution in [0.2, 0.25) is 0 Å². The first kappa shape index (κ1) is 13.1. The van der Waals surface area contributed by atoms with Crippen molar-refractivity contribution in [2.45, 2.75) is 19.4 Å². The van der Waals surface area contributed by atoms with Crippen molar-refractivity contribution in [1.82, 2.24) is 0 Å². The van der Waals surface area contributed by atoms with Crippen LogP contribution < -0.4 is 0 Å². The van der Waals surface area contributed by atoms with E-state index in [1.807, 2.05) is 0 Å². The molecule has 0 aromatic heterocycles. The molecule has 0 amide bonds. The molecule has 0 aliphatic rings. The fourth-order valence-electron chi connectivity index (χ4n) is 1.55. The molecule has 0 radical (unpaired) electrons. The molecule has 0 saturated carbocycles. The van der Waals surface area contributed by atoms with Gasteiger partial charge < -0.3 is 9.84 Å². The number of hydrogen-bond donors (Lipinski definition) is 1. The summed E-state index contributed by atoms with van der Waals surface area (Å²) in [6.45, 7) is 1.58. The van der Waals surface area contributed by atoms with Gasteiger partial charge in [-0.1, -0.05) is 12.1 Å². The zero-order valence-corrected chi connectivity index (χ0v) is 9.54. The van der Waals surface area contributed by atoms with E-state index in [0.29, 0.717) is 5.56 Å². The van der Waals surface area contributed by atoms with Crippen molar-refractivity contribution >= 4 is 11.7 Å². The van der Waals surface area contributed by atoms with Gasteiger partial charge in [-0.05, 0) is 13.0 Å². The second kappa shape index (κ2) is 5.40. The number of aryl methyl sites for hydroxylation is 1. The van der Waals surface area contributed by atoms with Crippen molar-refractivity contribution in [2.24, 2.45) is 0 Å². The Balaban J connectivity index is 3.09. The maximum absolute atomic E-state index is 11.0. The quantitative estimate of drug-likeness (QED) is 0.488. The lowest BCUT2D eigenvalue weighted by Gasteiger charge is -2.11. The number of ether oxygens (including phenoxy) is 1. The van der Waals surface area contributed by atoms with Crippen molar-refractivity contribution in [3.63, 3.8) is 0 Å². The van der Waals surface area contributed by atoms with Crippen LogP contribution in [0.25, 0.3) is 0 Å². The first-order chi connectivity index (χ1) is 7.97. The molecule has 0 fully saturated rings. The predicted molar refractivity (Wildman–Crippen MR) is 59.4 cm³/mol. The molecule has 1 rings (SSSR count). The minimum absolute atomic E-state index is 0.125. The molecule has 1 atom stereocenters. The summed E-state index contributed by atoms with van der Waals surface area (Å²) in [4.78, 5) is 21.3. The average molecular weight is 239 g/mol. The Bertz CT molecular complexity index is 443. The lowest BCUT2D eigenvalue weighted by atomic mass is 10.0. The third-order valence-corrected chi connectivity index (χ3v) is 2.40. The number of esters is 1. The Morgan fingerprint density at radius 2 is 2.24 bits per heavy atom. The van der Waals surface area contributed by atoms with Crippen molar-refractivity contribution in [3.8, 4) is 0 Å². The van der Waals surface area contributed by atoms with E-state index in [0.717, 1.165) is 0 Å². The van der Waals surface area contributed by atoms with Gasteiger partial charge in [0.2, 0.25) is 0 Å². The number of carbonyl (C=O) groups is 1. The largest absolute Gasteiger partial charge is 0.469 e. The summed E-state index contributed by atoms with van der Waals surface area (Å²) in [7, 11) is 1.19. The second-order valence-electron chi connectivity index (χ2n) is 3.57. The maximum Gasteiger partial charge on any atom is 0.308 e. The molecule has 1 aromatic carbocycles. The molecule has 1 aromatic rings. The highest BCUT2D eigenvalue weighted by Crippen LogP contribution is 2.30. The number of carbonyl (C=O) groups excluding carboxylic acids is 1. The zero-order valence-electron chi connectivity index (χ0n) is 9.54. The smallest absolute Gasteiger partial charge is 0.308 e. The molecule has 0 heterocycles. The lowest BCUT2D eigenvalue weighted by Crippen LogP contribution is -2.10. The number of aliphatic hydroxyl groups excluding tert-OH is 1. The van der Waals surface area contributed by atoms with Crippen LogP contribution in [0.5, 0.6) is 0 Å². The molecule has 0 saturated heterocycles. The molecular formula is C11H13NO5. The third-order valence-electron chi connectivity index (χ3n) is 2.40. The molecule has 0 aliphatic carbocycles. The Morgan fingerprint density at radius 1 is 1.59 bits per heavy atom. The number of aliphatic hydroxyl groups is 1. The summed E-state index contributed by atoms with van der Waals surface area (Å²) in [6, 6.07) is 4.60. The number of para-hydroxylation sites is 1. The van der Waals surface area contributed by atoms with Crippen LogP contribution in [0, 0.1) is 17.0 Å². The minimum Gasteiger partial charge on any atom is -0.469 e. The van der Waals surface area contributed by atoms with E-state index in [-0.39, 0.29) is 17.7 Å². The summed E-state index contributed by atoms with van der Waals surface area (Å²) < 4.78 is 4.40. The standard InChI is InChI=1S/C11H13NO5/c1-7-4-3-5-8(11(7)12(15)16)9(13)6-10(14)17-2/h3-5,9,13H,6H2,1-2H3/t9-/m0/s1. The van der Waals surface area contributed by atoms with E-state index < -0.39 is 17.0 Å². The number of rotatable bonds is 4. The van der Waals surface area contributed by atoms with Crippen LogP contribution in [0.15, 0.2) is 18.2 Å². The number of benzene rings is 1. The SMILES string of the molecule is COC(=O)C[C@H](O)c1cccc(C)c1[N+](=O)[O-]. The molecule has 0 spiro atoms. The number of nitro benzene ring substituents is 1. The van der Waals surface area contributed by atoms with Crippen LogP contribution in [-0.2, 0) is 9.53 Å². The van der Waals surface area contributed by atoms with Crippen LogP contribution in [-0.4, -0.2) is 23.1 Å². The summed E-state index contributed by atoms with van der Waals surface area (Å²) in [6.07, 6.45) is -1.54. The normalized spacial score (nSPS) is 11.9. The fraction of sp³-hybridized carbons (Fsp3) is 0.364. The monoisotopic (exact) mass is 239 g/mol. The molecule has 0 unspecified atom stereocenters. The molecule has 92 valence electrons. The molecular weight excluding hydrogens is 226 g/mol. The number of nitrogens with zero attached hydrogens (tertiary/aromatic N) is 1. The van der Waals surface area contributed by atoms with E-state index in [2.05, 4.69) is 4.74 Å². The van der Waals surface area contributed by atoms with Crippen molar-refractivity contribution in [1.29, 1.82) is 0 Å². The van der Waals surface area contributed by atoms with Crippen LogP contribution in [0.1, 0.15) is 23.7 Å². The van der Waals surface area contributed by atoms with Crippen molar-refractivity contribution in [2.75, 3.05) is 7.11 Å². The Morgan fingerprint density at radius 3 is 2.76 bits per heavy atom. The summed E-state index contributed by atoms with van der Waals surface area (Å²) in [5, 5.41) is 20.7. The van der Waals surface area contributed by atoms with Crippen LogP contribution in [0.3, 0.4) is 0 Å². The molecule has 6 nitrogen and oxygen atoms in total. The van der Waals surface area contributed by atoms with Crippen molar-refractivity contribution in [3.05, 3.63) is 39.4 Å². The van der Waals surface area contributed by atoms with Crippen LogP contribution >= 0.6 is 0 Å².